The molecule has 1 unspecified atom stereocenters. The fourth-order valence-corrected chi connectivity index (χ4v) is 4.38. The second kappa shape index (κ2) is 15.9. The molecule has 4 heteroatoms. The first-order valence-corrected chi connectivity index (χ1v) is 12.0. The van der Waals surface area contributed by atoms with Crippen molar-refractivity contribution in [3.8, 4) is 0 Å². The van der Waals surface area contributed by atoms with Crippen LogP contribution in [0.15, 0.2) is 30.3 Å². The molecule has 0 bridgehead atoms. The van der Waals surface area contributed by atoms with E-state index < -0.39 is 11.0 Å². The summed E-state index contributed by atoms with van der Waals surface area (Å²) in [5, 5.41) is 0. The van der Waals surface area contributed by atoms with E-state index in [9.17, 15) is 4.79 Å². The third-order valence-electron chi connectivity index (χ3n) is 6.33. The van der Waals surface area contributed by atoms with Gasteiger partial charge in [-0.05, 0) is 37.7 Å². The molecule has 3 nitrogen and oxygen atoms in total. The van der Waals surface area contributed by atoms with Gasteiger partial charge in [0.1, 0.15) is 0 Å². The zero-order chi connectivity index (χ0) is 21.6. The van der Waals surface area contributed by atoms with Gasteiger partial charge in [0.2, 0.25) is 0 Å². The highest BCUT2D eigenvalue weighted by molar-refractivity contribution is 8.93. The van der Waals surface area contributed by atoms with Crippen LogP contribution in [-0.4, -0.2) is 18.1 Å². The lowest BCUT2D eigenvalue weighted by molar-refractivity contribution is -0.163. The lowest BCUT2D eigenvalue weighted by Crippen LogP contribution is -2.61. The highest BCUT2D eigenvalue weighted by Crippen LogP contribution is 2.46. The van der Waals surface area contributed by atoms with E-state index in [1.807, 2.05) is 6.07 Å². The van der Waals surface area contributed by atoms with E-state index in [1.165, 1.54) is 5.56 Å². The molecule has 0 spiro atoms. The van der Waals surface area contributed by atoms with E-state index in [1.54, 1.807) is 0 Å². The van der Waals surface area contributed by atoms with E-state index >= 15 is 0 Å². The fourth-order valence-electron chi connectivity index (χ4n) is 4.38. The summed E-state index contributed by atoms with van der Waals surface area (Å²) in [6.07, 6.45) is 11.4. The van der Waals surface area contributed by atoms with Crippen LogP contribution in [0.5, 0.6) is 0 Å². The molecule has 174 valence electrons. The summed E-state index contributed by atoms with van der Waals surface area (Å²) in [6, 6.07) is 10.4. The fraction of sp³-hybridized carbons (Fsp3) is 0.731. The molecule has 0 saturated heterocycles. The van der Waals surface area contributed by atoms with Crippen LogP contribution in [0.4, 0.5) is 0 Å². The second-order valence-corrected chi connectivity index (χ2v) is 8.70. The van der Waals surface area contributed by atoms with Crippen molar-refractivity contribution in [1.82, 2.24) is 0 Å². The maximum absolute atomic E-state index is 13.6. The van der Waals surface area contributed by atoms with E-state index in [4.69, 9.17) is 10.5 Å². The number of carbonyl (C=O) groups is 1. The Morgan fingerprint density at radius 3 is 1.83 bits per heavy atom. The van der Waals surface area contributed by atoms with Crippen LogP contribution in [0.2, 0.25) is 0 Å². The molecule has 0 saturated carbocycles. The van der Waals surface area contributed by atoms with Gasteiger partial charge in [-0.1, -0.05) is 103 Å². The molecule has 0 fully saturated rings. The Morgan fingerprint density at radius 1 is 0.833 bits per heavy atom. The number of carbonyl (C=O) groups excluding carboxylic acids is 1. The van der Waals surface area contributed by atoms with Crippen molar-refractivity contribution < 1.29 is 9.53 Å². The average Bonchev–Trinajstić information content (AvgIpc) is 2.73. The summed E-state index contributed by atoms with van der Waals surface area (Å²) >= 11 is 0. The van der Waals surface area contributed by atoms with Crippen LogP contribution in [0.25, 0.3) is 0 Å². The van der Waals surface area contributed by atoms with Gasteiger partial charge >= 0.3 is 5.97 Å². The lowest BCUT2D eigenvalue weighted by Gasteiger charge is -2.47. The number of hydrogen-bond acceptors (Lipinski definition) is 3. The Morgan fingerprint density at radius 2 is 1.33 bits per heavy atom. The van der Waals surface area contributed by atoms with Gasteiger partial charge in [0.15, 0.2) is 0 Å². The molecule has 1 rings (SSSR count). The predicted molar refractivity (Wildman–Crippen MR) is 134 cm³/mol. The quantitative estimate of drug-likeness (QED) is 0.196. The largest absolute Gasteiger partial charge is 0.465 e. The van der Waals surface area contributed by atoms with Crippen LogP contribution in [-0.2, 0) is 16.0 Å². The molecule has 0 aliphatic rings. The number of hydrogen-bond donors (Lipinski definition) is 1. The molecule has 1 aromatic carbocycles. The Hall–Kier alpha value is -0.870. The van der Waals surface area contributed by atoms with E-state index in [0.29, 0.717) is 6.61 Å². The van der Waals surface area contributed by atoms with Crippen LogP contribution in [0.3, 0.4) is 0 Å². The first-order valence-electron chi connectivity index (χ1n) is 12.0. The van der Waals surface area contributed by atoms with E-state index in [2.05, 4.69) is 52.0 Å². The van der Waals surface area contributed by atoms with Gasteiger partial charge in [0.25, 0.3) is 0 Å². The highest BCUT2D eigenvalue weighted by atomic mass is 79.9. The molecule has 0 aromatic heterocycles. The Balaban J connectivity index is 0.00000841. The zero-order valence-corrected chi connectivity index (χ0v) is 21.6. The van der Waals surface area contributed by atoms with Gasteiger partial charge in [0.05, 0.1) is 12.0 Å². The molecule has 0 aliphatic heterocycles. The maximum Gasteiger partial charge on any atom is 0.313 e. The van der Waals surface area contributed by atoms with Crippen LogP contribution >= 0.6 is 17.0 Å². The molecule has 0 aliphatic carbocycles. The third-order valence-corrected chi connectivity index (χ3v) is 6.33. The van der Waals surface area contributed by atoms with Crippen molar-refractivity contribution >= 4 is 23.0 Å². The smallest absolute Gasteiger partial charge is 0.313 e. The van der Waals surface area contributed by atoms with E-state index in [0.717, 1.165) is 77.0 Å². The zero-order valence-electron chi connectivity index (χ0n) is 19.9. The first kappa shape index (κ1) is 29.1. The summed E-state index contributed by atoms with van der Waals surface area (Å²) in [5.74, 6) is -0.0533. The number of benzene rings is 1. The number of unbranched alkanes of at least 4 members (excludes halogenated alkanes) is 4. The number of esters is 1. The van der Waals surface area contributed by atoms with Crippen LogP contribution < -0.4 is 5.73 Å². The van der Waals surface area contributed by atoms with Gasteiger partial charge in [-0.15, -0.1) is 17.0 Å². The summed E-state index contributed by atoms with van der Waals surface area (Å²) < 4.78 is 5.89. The van der Waals surface area contributed by atoms with Crippen molar-refractivity contribution in [3.05, 3.63) is 35.9 Å². The molecule has 0 heterocycles. The minimum Gasteiger partial charge on any atom is -0.465 e. The van der Waals surface area contributed by atoms with E-state index in [-0.39, 0.29) is 23.0 Å². The Labute approximate surface area is 196 Å². The number of rotatable bonds is 16. The third kappa shape index (κ3) is 8.34. The molecule has 2 N–H and O–H groups in total. The molecule has 30 heavy (non-hydrogen) atoms. The molecular weight excluding hydrogens is 438 g/mol. The minimum absolute atomic E-state index is 0. The van der Waals surface area contributed by atoms with Gasteiger partial charge in [-0.25, -0.2) is 0 Å². The normalized spacial score (nSPS) is 13.4. The highest BCUT2D eigenvalue weighted by Gasteiger charge is 2.53. The maximum atomic E-state index is 13.6. The minimum atomic E-state index is -0.613. The molecule has 0 radical (unpaired) electrons. The average molecular weight is 485 g/mol. The van der Waals surface area contributed by atoms with Crippen molar-refractivity contribution in [2.45, 2.75) is 110 Å². The van der Waals surface area contributed by atoms with Gasteiger partial charge in [0, 0.05) is 5.54 Å². The summed E-state index contributed by atoms with van der Waals surface area (Å²) in [4.78, 5) is 13.6. The summed E-state index contributed by atoms with van der Waals surface area (Å²) in [5.41, 5.74) is 7.30. The molecule has 1 atom stereocenters. The van der Waals surface area contributed by atoms with Crippen molar-refractivity contribution in [1.29, 1.82) is 0 Å². The van der Waals surface area contributed by atoms with Crippen LogP contribution in [0.1, 0.15) is 104 Å². The standard InChI is InChI=1S/C26H45NO2.BrH/c1-5-9-18-25(19-10-6-2,24(28)29-21-12-8-4)26(27,20-11-7-3)22-23-16-14-13-15-17-23;/h13-17H,5-12,18-22,27H2,1-4H3;1H. The Bertz CT molecular complexity index is 555. The van der Waals surface area contributed by atoms with Crippen molar-refractivity contribution in [2.75, 3.05) is 6.61 Å². The van der Waals surface area contributed by atoms with Crippen LogP contribution in [0, 0.1) is 5.41 Å². The lowest BCUT2D eigenvalue weighted by atomic mass is 9.60. The number of halogens is 1. The van der Waals surface area contributed by atoms with Gasteiger partial charge in [-0.3, -0.25) is 4.79 Å². The predicted octanol–water partition coefficient (Wildman–Crippen LogP) is 7.40. The Kier molecular flexibility index (Phi) is 15.4. The monoisotopic (exact) mass is 483 g/mol. The van der Waals surface area contributed by atoms with Gasteiger partial charge in [-0.2, -0.15) is 0 Å². The molecule has 1 aromatic rings. The van der Waals surface area contributed by atoms with Gasteiger partial charge < -0.3 is 10.5 Å². The topological polar surface area (TPSA) is 52.3 Å². The van der Waals surface area contributed by atoms with Crippen molar-refractivity contribution in [3.63, 3.8) is 0 Å². The molecule has 0 amide bonds. The summed E-state index contributed by atoms with van der Waals surface area (Å²) in [6.45, 7) is 9.20. The number of ether oxygens (including phenoxy) is 1. The molecular formula is C26H46BrNO2. The first-order chi connectivity index (χ1) is 14.0. The SMILES string of the molecule is Br.CCCCOC(=O)C(CCCC)(CCCC)C(N)(CCCC)Cc1ccccc1. The second-order valence-electron chi connectivity index (χ2n) is 8.70. The summed E-state index contributed by atoms with van der Waals surface area (Å²) in [7, 11) is 0. The van der Waals surface area contributed by atoms with Crippen molar-refractivity contribution in [2.24, 2.45) is 11.1 Å². The number of nitrogens with two attached hydrogens (primary N) is 1.